The molecule has 0 bridgehead atoms. The molecule has 0 aliphatic carbocycles. The molecule has 1 aliphatic rings. The Bertz CT molecular complexity index is 476. The Labute approximate surface area is 130 Å². The van der Waals surface area contributed by atoms with Gasteiger partial charge in [0, 0.05) is 36.9 Å². The number of urea groups is 1. The van der Waals surface area contributed by atoms with Crippen LogP contribution in [0.1, 0.15) is 18.9 Å². The van der Waals surface area contributed by atoms with Crippen LogP contribution in [0.2, 0.25) is 5.02 Å². The van der Waals surface area contributed by atoms with E-state index in [4.69, 9.17) is 16.3 Å². The molecular weight excluding hydrogens is 290 g/mol. The molecule has 2 N–H and O–H groups in total. The summed E-state index contributed by atoms with van der Waals surface area (Å²) in [5.41, 5.74) is 1.78. The number of nitrogens with zero attached hydrogens (tertiary/aromatic N) is 1. The van der Waals surface area contributed by atoms with Crippen LogP contribution >= 0.6 is 11.6 Å². The zero-order chi connectivity index (χ0) is 15.1. The summed E-state index contributed by atoms with van der Waals surface area (Å²) in [7, 11) is 0. The second-order valence-electron chi connectivity index (χ2n) is 5.08. The van der Waals surface area contributed by atoms with Gasteiger partial charge in [-0.15, -0.1) is 0 Å². The molecule has 116 valence electrons. The van der Waals surface area contributed by atoms with Crippen molar-refractivity contribution in [3.05, 3.63) is 28.8 Å². The highest BCUT2D eigenvalue weighted by molar-refractivity contribution is 6.31. The molecule has 1 saturated heterocycles. The van der Waals surface area contributed by atoms with E-state index in [0.29, 0.717) is 17.3 Å². The van der Waals surface area contributed by atoms with E-state index in [0.717, 1.165) is 44.8 Å². The number of morpholine rings is 1. The lowest BCUT2D eigenvalue weighted by atomic mass is 10.2. The van der Waals surface area contributed by atoms with E-state index in [1.165, 1.54) is 0 Å². The van der Waals surface area contributed by atoms with Gasteiger partial charge in [0.25, 0.3) is 0 Å². The average Bonchev–Trinajstić information content (AvgIpc) is 2.49. The molecule has 21 heavy (non-hydrogen) atoms. The van der Waals surface area contributed by atoms with E-state index in [2.05, 4.69) is 15.5 Å². The van der Waals surface area contributed by atoms with Crippen LogP contribution in [0.4, 0.5) is 10.5 Å². The molecule has 6 heteroatoms. The maximum atomic E-state index is 11.6. The minimum absolute atomic E-state index is 0.200. The number of rotatable bonds is 5. The van der Waals surface area contributed by atoms with Gasteiger partial charge in [0.05, 0.1) is 13.2 Å². The van der Waals surface area contributed by atoms with E-state index in [1.54, 1.807) is 6.07 Å². The van der Waals surface area contributed by atoms with Crippen molar-refractivity contribution in [1.29, 1.82) is 0 Å². The van der Waals surface area contributed by atoms with Gasteiger partial charge in [-0.1, -0.05) is 24.6 Å². The third-order valence-corrected chi connectivity index (χ3v) is 3.70. The molecule has 1 fully saturated rings. The predicted octanol–water partition coefficient (Wildman–Crippen LogP) is 2.70. The smallest absolute Gasteiger partial charge is 0.319 e. The fraction of sp³-hybridized carbons (Fsp3) is 0.533. The van der Waals surface area contributed by atoms with Crippen LogP contribution in [-0.4, -0.2) is 43.8 Å². The molecule has 5 nitrogen and oxygen atoms in total. The van der Waals surface area contributed by atoms with E-state index in [1.807, 2.05) is 19.1 Å². The summed E-state index contributed by atoms with van der Waals surface area (Å²) in [6.45, 7) is 6.88. The molecule has 0 radical (unpaired) electrons. The first-order valence-electron chi connectivity index (χ1n) is 7.32. The SMILES string of the molecule is CCCNC(=O)Nc1ccc(CN2CCOCC2)c(Cl)c1. The zero-order valence-corrected chi connectivity index (χ0v) is 13.1. The average molecular weight is 312 g/mol. The standard InChI is InChI=1S/C15H22ClN3O2/c1-2-5-17-15(20)18-13-4-3-12(14(16)10-13)11-19-6-8-21-9-7-19/h3-4,10H,2,5-9,11H2,1H3,(H2,17,18,20). The monoisotopic (exact) mass is 311 g/mol. The third kappa shape index (κ3) is 5.19. The normalized spacial score (nSPS) is 15.7. The quantitative estimate of drug-likeness (QED) is 0.879. The Morgan fingerprint density at radius 2 is 2.14 bits per heavy atom. The fourth-order valence-electron chi connectivity index (χ4n) is 2.17. The molecule has 0 spiro atoms. The summed E-state index contributed by atoms with van der Waals surface area (Å²) in [5, 5.41) is 6.22. The summed E-state index contributed by atoms with van der Waals surface area (Å²) in [5.74, 6) is 0. The minimum atomic E-state index is -0.200. The van der Waals surface area contributed by atoms with Gasteiger partial charge in [-0.3, -0.25) is 4.90 Å². The van der Waals surface area contributed by atoms with Crippen molar-refractivity contribution in [2.75, 3.05) is 38.2 Å². The summed E-state index contributed by atoms with van der Waals surface area (Å²) in [4.78, 5) is 13.9. The second kappa shape index (κ2) is 8.22. The van der Waals surface area contributed by atoms with E-state index in [9.17, 15) is 4.79 Å². The van der Waals surface area contributed by atoms with Crippen molar-refractivity contribution in [3.63, 3.8) is 0 Å². The van der Waals surface area contributed by atoms with Crippen LogP contribution in [0, 0.1) is 0 Å². The number of nitrogens with one attached hydrogen (secondary N) is 2. The molecule has 1 aliphatic heterocycles. The highest BCUT2D eigenvalue weighted by atomic mass is 35.5. The van der Waals surface area contributed by atoms with E-state index >= 15 is 0 Å². The molecule has 0 aromatic heterocycles. The van der Waals surface area contributed by atoms with Crippen LogP contribution in [-0.2, 0) is 11.3 Å². The van der Waals surface area contributed by atoms with Gasteiger partial charge in [-0.05, 0) is 24.1 Å². The number of carbonyl (C=O) groups excluding carboxylic acids is 1. The number of hydrogen-bond acceptors (Lipinski definition) is 3. The third-order valence-electron chi connectivity index (χ3n) is 3.34. The van der Waals surface area contributed by atoms with Crippen LogP contribution in [0.25, 0.3) is 0 Å². The number of hydrogen-bond donors (Lipinski definition) is 2. The van der Waals surface area contributed by atoms with Gasteiger partial charge in [-0.2, -0.15) is 0 Å². The minimum Gasteiger partial charge on any atom is -0.379 e. The van der Waals surface area contributed by atoms with Crippen molar-refractivity contribution in [2.24, 2.45) is 0 Å². The zero-order valence-electron chi connectivity index (χ0n) is 12.3. The lowest BCUT2D eigenvalue weighted by molar-refractivity contribution is 0.0342. The van der Waals surface area contributed by atoms with Crippen LogP contribution in [0.5, 0.6) is 0 Å². The predicted molar refractivity (Wildman–Crippen MR) is 84.9 cm³/mol. The van der Waals surface area contributed by atoms with Gasteiger partial charge in [0.1, 0.15) is 0 Å². The topological polar surface area (TPSA) is 53.6 Å². The number of anilines is 1. The highest BCUT2D eigenvalue weighted by Crippen LogP contribution is 2.22. The van der Waals surface area contributed by atoms with Crippen molar-refractivity contribution < 1.29 is 9.53 Å². The van der Waals surface area contributed by atoms with Gasteiger partial charge in [0.15, 0.2) is 0 Å². The van der Waals surface area contributed by atoms with E-state index in [-0.39, 0.29) is 6.03 Å². The molecule has 1 heterocycles. The fourth-order valence-corrected chi connectivity index (χ4v) is 2.41. The van der Waals surface area contributed by atoms with Gasteiger partial charge in [0.2, 0.25) is 0 Å². The van der Waals surface area contributed by atoms with Crippen LogP contribution < -0.4 is 10.6 Å². The van der Waals surface area contributed by atoms with Crippen LogP contribution in [0.15, 0.2) is 18.2 Å². The summed E-state index contributed by atoms with van der Waals surface area (Å²) < 4.78 is 5.33. The lowest BCUT2D eigenvalue weighted by Crippen LogP contribution is -2.35. The summed E-state index contributed by atoms with van der Waals surface area (Å²) in [6, 6.07) is 5.44. The summed E-state index contributed by atoms with van der Waals surface area (Å²) in [6.07, 6.45) is 0.909. The van der Waals surface area contributed by atoms with Crippen LogP contribution in [0.3, 0.4) is 0 Å². The molecule has 0 unspecified atom stereocenters. The molecule has 0 atom stereocenters. The first-order chi connectivity index (χ1) is 10.2. The molecule has 2 rings (SSSR count). The number of amides is 2. The summed E-state index contributed by atoms with van der Waals surface area (Å²) >= 11 is 6.31. The maximum Gasteiger partial charge on any atom is 0.319 e. The molecule has 1 aromatic carbocycles. The van der Waals surface area contributed by atoms with Gasteiger partial charge < -0.3 is 15.4 Å². The number of carbonyl (C=O) groups is 1. The molecule has 2 amide bonds. The Kier molecular flexibility index (Phi) is 6.29. The Morgan fingerprint density at radius 3 is 2.81 bits per heavy atom. The first kappa shape index (κ1) is 16.1. The lowest BCUT2D eigenvalue weighted by Gasteiger charge is -2.27. The Hall–Kier alpha value is -1.30. The number of halogens is 1. The first-order valence-corrected chi connectivity index (χ1v) is 7.70. The van der Waals surface area contributed by atoms with Crippen molar-refractivity contribution in [1.82, 2.24) is 10.2 Å². The van der Waals surface area contributed by atoms with Crippen molar-refractivity contribution in [3.8, 4) is 0 Å². The molecular formula is C15H22ClN3O2. The van der Waals surface area contributed by atoms with Gasteiger partial charge >= 0.3 is 6.03 Å². The Morgan fingerprint density at radius 1 is 1.38 bits per heavy atom. The Balaban J connectivity index is 1.91. The number of benzene rings is 1. The number of ether oxygens (including phenoxy) is 1. The second-order valence-corrected chi connectivity index (χ2v) is 5.48. The molecule has 0 saturated carbocycles. The van der Waals surface area contributed by atoms with E-state index < -0.39 is 0 Å². The van der Waals surface area contributed by atoms with Crippen molar-refractivity contribution in [2.45, 2.75) is 19.9 Å². The van der Waals surface area contributed by atoms with Crippen molar-refractivity contribution >= 4 is 23.3 Å². The largest absolute Gasteiger partial charge is 0.379 e. The highest BCUT2D eigenvalue weighted by Gasteiger charge is 2.13. The molecule has 1 aromatic rings. The maximum absolute atomic E-state index is 11.6. The van der Waals surface area contributed by atoms with Gasteiger partial charge in [-0.25, -0.2) is 4.79 Å².